The number of benzene rings is 2. The third-order valence-corrected chi connectivity index (χ3v) is 4.36. The van der Waals surface area contributed by atoms with Crippen LogP contribution >= 0.6 is 0 Å². The van der Waals surface area contributed by atoms with Crippen molar-refractivity contribution >= 4 is 5.91 Å². The number of aryl methyl sites for hydroxylation is 1. The van der Waals surface area contributed by atoms with Crippen LogP contribution in [-0.2, 0) is 12.3 Å². The first-order valence-electron chi connectivity index (χ1n) is 7.74. The van der Waals surface area contributed by atoms with Gasteiger partial charge in [-0.25, -0.2) is 4.39 Å². The fourth-order valence-electron chi connectivity index (χ4n) is 2.96. The van der Waals surface area contributed by atoms with Crippen LogP contribution in [0.5, 0.6) is 0 Å². The maximum atomic E-state index is 13.4. The Kier molecular flexibility index (Phi) is 4.46. The maximum Gasteiger partial charge on any atom is 0.458 e. The van der Waals surface area contributed by atoms with Crippen molar-refractivity contribution < 1.29 is 31.1 Å². The van der Waals surface area contributed by atoms with Gasteiger partial charge in [0.25, 0.3) is 5.91 Å². The quantitative estimate of drug-likeness (QED) is 0.762. The lowest BCUT2D eigenvalue weighted by molar-refractivity contribution is -0.289. The van der Waals surface area contributed by atoms with Crippen molar-refractivity contribution in [1.29, 1.82) is 0 Å². The Hall–Kier alpha value is -2.51. The number of hydrogen-bond donors (Lipinski definition) is 1. The number of rotatable bonds is 3. The molecule has 0 aromatic heterocycles. The van der Waals surface area contributed by atoms with Gasteiger partial charge in [-0.3, -0.25) is 4.79 Å². The molecule has 8 heteroatoms. The molecule has 1 aliphatic rings. The Morgan fingerprint density at radius 1 is 1.00 bits per heavy atom. The fourth-order valence-corrected chi connectivity index (χ4v) is 2.96. The van der Waals surface area contributed by atoms with Crippen LogP contribution in [0.4, 0.5) is 26.3 Å². The van der Waals surface area contributed by atoms with E-state index in [4.69, 9.17) is 0 Å². The van der Waals surface area contributed by atoms with E-state index in [0.29, 0.717) is 30.5 Å². The van der Waals surface area contributed by atoms with Crippen molar-refractivity contribution in [2.75, 3.05) is 0 Å². The molecule has 2 aromatic rings. The summed E-state index contributed by atoms with van der Waals surface area (Å²) >= 11 is 0. The Bertz CT molecular complexity index is 829. The number of amides is 1. The molecule has 1 N–H and O–H groups in total. The van der Waals surface area contributed by atoms with E-state index in [1.165, 1.54) is 12.1 Å². The Morgan fingerprint density at radius 2 is 1.65 bits per heavy atom. The van der Waals surface area contributed by atoms with Gasteiger partial charge in [0.2, 0.25) is 0 Å². The van der Waals surface area contributed by atoms with Crippen LogP contribution in [0.3, 0.4) is 0 Å². The topological polar surface area (TPSA) is 29.1 Å². The largest absolute Gasteiger partial charge is 0.458 e. The molecule has 2 nitrogen and oxygen atoms in total. The van der Waals surface area contributed by atoms with Crippen LogP contribution < -0.4 is 5.32 Å². The molecule has 0 fully saturated rings. The number of hydrogen-bond acceptors (Lipinski definition) is 1. The Morgan fingerprint density at radius 3 is 2.27 bits per heavy atom. The molecule has 1 amide bonds. The van der Waals surface area contributed by atoms with Gasteiger partial charge >= 0.3 is 12.1 Å². The lowest BCUT2D eigenvalue weighted by Gasteiger charge is -2.20. The molecule has 1 aliphatic carbocycles. The normalized spacial score (nSPS) is 17.1. The van der Waals surface area contributed by atoms with Gasteiger partial charge in [-0.2, -0.15) is 22.0 Å². The van der Waals surface area contributed by atoms with Crippen LogP contribution in [0, 0.1) is 5.82 Å². The SMILES string of the molecule is O=C(NC1CCc2ccc(F)cc21)c1ccc(C(F)(F)C(F)(F)F)cc1. The number of carbonyl (C=O) groups is 1. The van der Waals surface area contributed by atoms with E-state index < -0.39 is 35.4 Å². The van der Waals surface area contributed by atoms with Gasteiger partial charge in [0.15, 0.2) is 0 Å². The third kappa shape index (κ3) is 3.27. The fraction of sp³-hybridized carbons (Fsp3) is 0.278. The summed E-state index contributed by atoms with van der Waals surface area (Å²) in [5.74, 6) is -6.07. The van der Waals surface area contributed by atoms with Gasteiger partial charge in [-0.1, -0.05) is 18.2 Å². The summed E-state index contributed by atoms with van der Waals surface area (Å²) in [6, 6.07) is 6.80. The van der Waals surface area contributed by atoms with Gasteiger partial charge in [0.05, 0.1) is 6.04 Å². The van der Waals surface area contributed by atoms with Crippen molar-refractivity contribution in [2.45, 2.75) is 31.0 Å². The monoisotopic (exact) mass is 373 g/mol. The molecule has 26 heavy (non-hydrogen) atoms. The van der Waals surface area contributed by atoms with E-state index >= 15 is 0 Å². The first-order chi connectivity index (χ1) is 12.1. The smallest absolute Gasteiger partial charge is 0.345 e. The van der Waals surface area contributed by atoms with Crippen LogP contribution in [0.15, 0.2) is 42.5 Å². The lowest BCUT2D eigenvalue weighted by atomic mass is 10.0. The van der Waals surface area contributed by atoms with Crippen LogP contribution in [0.2, 0.25) is 0 Å². The van der Waals surface area contributed by atoms with Crippen LogP contribution in [-0.4, -0.2) is 12.1 Å². The zero-order chi connectivity index (χ0) is 19.1. The summed E-state index contributed by atoms with van der Waals surface area (Å²) in [7, 11) is 0. The number of carbonyl (C=O) groups excluding carboxylic acids is 1. The van der Waals surface area contributed by atoms with E-state index in [2.05, 4.69) is 5.32 Å². The molecule has 0 saturated carbocycles. The molecule has 0 heterocycles. The highest BCUT2D eigenvalue weighted by atomic mass is 19.4. The summed E-state index contributed by atoms with van der Waals surface area (Å²) in [5, 5.41) is 2.65. The first kappa shape index (κ1) is 18.3. The molecule has 0 radical (unpaired) electrons. The first-order valence-corrected chi connectivity index (χ1v) is 7.74. The second kappa shape index (κ2) is 6.34. The summed E-state index contributed by atoms with van der Waals surface area (Å²) in [6.07, 6.45) is -4.51. The predicted molar refractivity (Wildman–Crippen MR) is 81.3 cm³/mol. The third-order valence-electron chi connectivity index (χ3n) is 4.36. The molecular formula is C18H13F6NO. The molecule has 0 bridgehead atoms. The van der Waals surface area contributed by atoms with Crippen molar-refractivity contribution in [3.63, 3.8) is 0 Å². The second-order valence-corrected chi connectivity index (χ2v) is 6.06. The van der Waals surface area contributed by atoms with Gasteiger partial charge < -0.3 is 5.32 Å². The van der Waals surface area contributed by atoms with Crippen molar-refractivity contribution in [3.05, 3.63) is 70.5 Å². The predicted octanol–water partition coefficient (Wildman–Crippen LogP) is 4.90. The minimum Gasteiger partial charge on any atom is -0.345 e. The number of fused-ring (bicyclic) bond motifs is 1. The van der Waals surface area contributed by atoms with E-state index in [0.717, 1.165) is 17.7 Å². The highest BCUT2D eigenvalue weighted by Gasteiger charge is 2.58. The summed E-state index contributed by atoms with van der Waals surface area (Å²) in [5.41, 5.74) is 0.238. The minimum absolute atomic E-state index is 0.0587. The summed E-state index contributed by atoms with van der Waals surface area (Å²) < 4.78 is 77.0. The molecule has 0 aliphatic heterocycles. The highest BCUT2D eigenvalue weighted by molar-refractivity contribution is 5.94. The van der Waals surface area contributed by atoms with E-state index in [-0.39, 0.29) is 5.56 Å². The summed E-state index contributed by atoms with van der Waals surface area (Å²) in [4.78, 5) is 12.2. The van der Waals surface area contributed by atoms with Gasteiger partial charge in [-0.05, 0) is 48.2 Å². The van der Waals surface area contributed by atoms with Gasteiger partial charge in [0, 0.05) is 11.1 Å². The molecular weight excluding hydrogens is 360 g/mol. The molecule has 138 valence electrons. The van der Waals surface area contributed by atoms with Crippen molar-refractivity contribution in [3.8, 4) is 0 Å². The molecule has 0 spiro atoms. The average Bonchev–Trinajstić information content (AvgIpc) is 2.96. The Labute approximate surface area is 144 Å². The van der Waals surface area contributed by atoms with E-state index in [9.17, 15) is 31.1 Å². The maximum absolute atomic E-state index is 13.4. The summed E-state index contributed by atoms with van der Waals surface area (Å²) in [6.45, 7) is 0. The van der Waals surface area contributed by atoms with Crippen molar-refractivity contribution in [1.82, 2.24) is 5.32 Å². The molecule has 2 aromatic carbocycles. The average molecular weight is 373 g/mol. The van der Waals surface area contributed by atoms with Crippen LogP contribution in [0.1, 0.15) is 39.5 Å². The zero-order valence-electron chi connectivity index (χ0n) is 13.2. The molecule has 1 unspecified atom stereocenters. The Balaban J connectivity index is 1.75. The highest BCUT2D eigenvalue weighted by Crippen LogP contribution is 2.43. The molecule has 0 saturated heterocycles. The number of nitrogens with one attached hydrogen (secondary N) is 1. The van der Waals surface area contributed by atoms with Gasteiger partial charge in [-0.15, -0.1) is 0 Å². The van der Waals surface area contributed by atoms with Crippen molar-refractivity contribution in [2.24, 2.45) is 0 Å². The van der Waals surface area contributed by atoms with E-state index in [1.807, 2.05) is 0 Å². The second-order valence-electron chi connectivity index (χ2n) is 6.06. The van der Waals surface area contributed by atoms with Gasteiger partial charge in [0.1, 0.15) is 5.82 Å². The zero-order valence-corrected chi connectivity index (χ0v) is 13.2. The number of halogens is 6. The number of alkyl halides is 5. The lowest BCUT2D eigenvalue weighted by Crippen LogP contribution is -2.33. The van der Waals surface area contributed by atoms with E-state index in [1.54, 1.807) is 6.07 Å². The van der Waals surface area contributed by atoms with Crippen LogP contribution in [0.25, 0.3) is 0 Å². The molecule has 1 atom stereocenters. The minimum atomic E-state index is -5.71. The molecule has 3 rings (SSSR count). The standard InChI is InChI=1S/C18H13F6NO/c19-13-7-3-10-4-8-15(14(10)9-13)25-16(26)11-1-5-12(6-2-11)17(20,21)18(22,23)24/h1-3,5-7,9,15H,4,8H2,(H,25,26).